The number of sulfonamides is 1. The first kappa shape index (κ1) is 19.8. The van der Waals surface area contributed by atoms with Crippen LogP contribution in [0.15, 0.2) is 83.8 Å². The van der Waals surface area contributed by atoms with Gasteiger partial charge in [-0.2, -0.15) is 5.26 Å². The number of hydrogen-bond acceptors (Lipinski definition) is 4. The third-order valence-corrected chi connectivity index (χ3v) is 6.55. The molecule has 1 aliphatic rings. The molecule has 1 aliphatic heterocycles. The van der Waals surface area contributed by atoms with Gasteiger partial charge in [0, 0.05) is 23.8 Å². The molecule has 0 aromatic heterocycles. The van der Waals surface area contributed by atoms with Crippen molar-refractivity contribution in [2.45, 2.75) is 17.4 Å². The van der Waals surface area contributed by atoms with Gasteiger partial charge in [-0.25, -0.2) is 13.1 Å². The molecule has 7 heteroatoms. The van der Waals surface area contributed by atoms with E-state index in [1.807, 2.05) is 6.07 Å². The molecular formula is C23H19N3O3S. The van der Waals surface area contributed by atoms with Gasteiger partial charge >= 0.3 is 0 Å². The second-order valence-electron chi connectivity index (χ2n) is 7.07. The Morgan fingerprint density at radius 1 is 1.00 bits per heavy atom. The second-order valence-corrected chi connectivity index (χ2v) is 8.79. The average molecular weight is 417 g/mol. The number of anilines is 1. The summed E-state index contributed by atoms with van der Waals surface area (Å²) < 4.78 is 28.4. The predicted octanol–water partition coefficient (Wildman–Crippen LogP) is 3.11. The summed E-state index contributed by atoms with van der Waals surface area (Å²) in [5.41, 5.74) is 2.43. The molecule has 0 aliphatic carbocycles. The van der Waals surface area contributed by atoms with Crippen LogP contribution in [0.4, 0.5) is 5.69 Å². The zero-order valence-corrected chi connectivity index (χ0v) is 16.8. The summed E-state index contributed by atoms with van der Waals surface area (Å²) >= 11 is 0. The summed E-state index contributed by atoms with van der Waals surface area (Å²) in [4.78, 5) is 14.9. The van der Waals surface area contributed by atoms with Gasteiger partial charge < -0.3 is 4.90 Å². The average Bonchev–Trinajstić information content (AvgIpc) is 2.78. The van der Waals surface area contributed by atoms with Crippen molar-refractivity contribution in [2.75, 3.05) is 11.4 Å². The zero-order chi connectivity index (χ0) is 21.1. The maximum atomic E-state index is 13.2. The molecule has 0 saturated carbocycles. The van der Waals surface area contributed by atoms with Crippen LogP contribution in [-0.4, -0.2) is 26.9 Å². The van der Waals surface area contributed by atoms with Crippen LogP contribution in [0.3, 0.4) is 0 Å². The first-order valence-electron chi connectivity index (χ1n) is 9.45. The van der Waals surface area contributed by atoms with Crippen LogP contribution in [0.25, 0.3) is 0 Å². The molecule has 0 fully saturated rings. The molecule has 6 nitrogen and oxygen atoms in total. The van der Waals surface area contributed by atoms with Crippen molar-refractivity contribution in [1.29, 1.82) is 5.26 Å². The minimum Gasteiger partial charge on any atom is -0.306 e. The third-order valence-electron chi connectivity index (χ3n) is 5.01. The molecule has 0 radical (unpaired) electrons. The van der Waals surface area contributed by atoms with Crippen LogP contribution in [0.1, 0.15) is 21.5 Å². The second kappa shape index (κ2) is 8.11. The van der Waals surface area contributed by atoms with Gasteiger partial charge in [-0.15, -0.1) is 0 Å². The molecular weight excluding hydrogens is 398 g/mol. The highest BCUT2D eigenvalue weighted by Gasteiger charge is 2.32. The van der Waals surface area contributed by atoms with E-state index in [9.17, 15) is 18.5 Å². The molecule has 0 spiro atoms. The highest BCUT2D eigenvalue weighted by Crippen LogP contribution is 2.30. The summed E-state index contributed by atoms with van der Waals surface area (Å²) in [6.07, 6.45) is 0.384. The van der Waals surface area contributed by atoms with E-state index in [0.717, 1.165) is 5.56 Å². The fourth-order valence-corrected chi connectivity index (χ4v) is 4.87. The van der Waals surface area contributed by atoms with Gasteiger partial charge in [-0.05, 0) is 54.4 Å². The lowest BCUT2D eigenvalue weighted by atomic mass is 9.96. The number of fused-ring (bicyclic) bond motifs is 1. The van der Waals surface area contributed by atoms with E-state index < -0.39 is 16.1 Å². The van der Waals surface area contributed by atoms with Crippen molar-refractivity contribution >= 4 is 21.6 Å². The first-order chi connectivity index (χ1) is 14.5. The minimum absolute atomic E-state index is 0.169. The maximum absolute atomic E-state index is 13.2. The van der Waals surface area contributed by atoms with E-state index in [1.54, 1.807) is 65.6 Å². The Hall–Kier alpha value is -3.47. The molecule has 4 rings (SSSR count). The van der Waals surface area contributed by atoms with Gasteiger partial charge in [-0.1, -0.05) is 36.4 Å². The van der Waals surface area contributed by atoms with E-state index >= 15 is 0 Å². The van der Waals surface area contributed by atoms with E-state index in [-0.39, 0.29) is 17.3 Å². The summed E-state index contributed by atoms with van der Waals surface area (Å²) in [6.45, 7) is 0.193. The normalized spacial score (nSPS) is 15.8. The Kier molecular flexibility index (Phi) is 5.36. The number of hydrogen-bond donors (Lipinski definition) is 1. The van der Waals surface area contributed by atoms with Crippen molar-refractivity contribution in [3.05, 3.63) is 95.6 Å². The Morgan fingerprint density at radius 3 is 2.33 bits per heavy atom. The molecule has 1 N–H and O–H groups in total. The quantitative estimate of drug-likeness (QED) is 0.706. The summed E-state index contributed by atoms with van der Waals surface area (Å²) in [5.74, 6) is -0.217. The van der Waals surface area contributed by atoms with Crippen LogP contribution >= 0.6 is 0 Å². The first-order valence-corrected chi connectivity index (χ1v) is 10.9. The number of nitrogens with zero attached hydrogens (tertiary/aromatic N) is 2. The molecule has 0 bridgehead atoms. The largest absolute Gasteiger partial charge is 0.306 e. The number of benzene rings is 3. The van der Waals surface area contributed by atoms with Crippen LogP contribution < -0.4 is 9.62 Å². The van der Waals surface area contributed by atoms with Gasteiger partial charge in [0.25, 0.3) is 5.91 Å². The molecule has 3 aromatic carbocycles. The molecule has 0 saturated heterocycles. The molecule has 1 heterocycles. The van der Waals surface area contributed by atoms with Gasteiger partial charge in [0.05, 0.1) is 16.5 Å². The van der Waals surface area contributed by atoms with Crippen LogP contribution in [0, 0.1) is 11.3 Å². The van der Waals surface area contributed by atoms with Crippen LogP contribution in [0.5, 0.6) is 0 Å². The number of carbonyl (C=O) groups is 1. The Morgan fingerprint density at radius 2 is 1.67 bits per heavy atom. The lowest BCUT2D eigenvalue weighted by molar-refractivity contribution is 0.0982. The van der Waals surface area contributed by atoms with Crippen molar-refractivity contribution in [3.63, 3.8) is 0 Å². The number of carbonyl (C=O) groups excluding carboxylic acids is 1. The lowest BCUT2D eigenvalue weighted by Gasteiger charge is -2.35. The highest BCUT2D eigenvalue weighted by atomic mass is 32.2. The molecule has 150 valence electrons. The number of nitrogens with one attached hydrogen (secondary N) is 1. The van der Waals surface area contributed by atoms with Gasteiger partial charge in [0.1, 0.15) is 0 Å². The predicted molar refractivity (Wildman–Crippen MR) is 114 cm³/mol. The SMILES string of the molecule is N#Cc1ccc2c(c1)CC(NS(=O)(=O)c1ccccc1)CN2C(=O)c1ccccc1. The number of amides is 1. The van der Waals surface area contributed by atoms with Crippen molar-refractivity contribution in [3.8, 4) is 6.07 Å². The van der Waals surface area contributed by atoms with E-state index in [4.69, 9.17) is 0 Å². The maximum Gasteiger partial charge on any atom is 0.258 e. The third kappa shape index (κ3) is 3.96. The Labute approximate surface area is 175 Å². The number of rotatable bonds is 4. The van der Waals surface area contributed by atoms with Crippen molar-refractivity contribution in [1.82, 2.24) is 4.72 Å². The molecule has 1 atom stereocenters. The minimum atomic E-state index is -3.74. The van der Waals surface area contributed by atoms with Crippen molar-refractivity contribution < 1.29 is 13.2 Å². The standard InChI is InChI=1S/C23H19N3O3S/c24-15-17-11-12-22-19(13-17)14-20(25-30(28,29)21-9-5-2-6-10-21)16-26(22)23(27)18-7-3-1-4-8-18/h1-13,20,25H,14,16H2. The zero-order valence-electron chi connectivity index (χ0n) is 16.0. The summed E-state index contributed by atoms with van der Waals surface area (Å²) in [7, 11) is -3.74. The van der Waals surface area contributed by atoms with Gasteiger partial charge in [-0.3, -0.25) is 4.79 Å². The lowest BCUT2D eigenvalue weighted by Crippen LogP contribution is -2.50. The molecule has 3 aromatic rings. The van der Waals surface area contributed by atoms with E-state index in [2.05, 4.69) is 10.8 Å². The number of nitriles is 1. The summed E-state index contributed by atoms with van der Waals surface area (Å²) in [5, 5.41) is 9.25. The van der Waals surface area contributed by atoms with Gasteiger partial charge in [0.2, 0.25) is 10.0 Å². The Bertz CT molecular complexity index is 1220. The van der Waals surface area contributed by atoms with Crippen LogP contribution in [0.2, 0.25) is 0 Å². The van der Waals surface area contributed by atoms with Crippen molar-refractivity contribution in [2.24, 2.45) is 0 Å². The topological polar surface area (TPSA) is 90.3 Å². The van der Waals surface area contributed by atoms with E-state index in [0.29, 0.717) is 23.2 Å². The monoisotopic (exact) mass is 417 g/mol. The van der Waals surface area contributed by atoms with E-state index in [1.165, 1.54) is 12.1 Å². The molecule has 1 amide bonds. The van der Waals surface area contributed by atoms with Crippen LogP contribution in [-0.2, 0) is 16.4 Å². The van der Waals surface area contributed by atoms with Gasteiger partial charge in [0.15, 0.2) is 0 Å². The Balaban J connectivity index is 1.69. The fraction of sp³-hybridized carbons (Fsp3) is 0.130. The smallest absolute Gasteiger partial charge is 0.258 e. The fourth-order valence-electron chi connectivity index (χ4n) is 3.63. The highest BCUT2D eigenvalue weighted by molar-refractivity contribution is 7.89. The molecule has 1 unspecified atom stereocenters. The molecule has 30 heavy (non-hydrogen) atoms. The summed E-state index contributed by atoms with van der Waals surface area (Å²) in [6, 6.07) is 23.7.